The number of thioether (sulfide) groups is 1. The molecule has 0 spiro atoms. The van der Waals surface area contributed by atoms with Crippen LogP contribution in [0.5, 0.6) is 11.5 Å². The van der Waals surface area contributed by atoms with E-state index in [4.69, 9.17) is 4.74 Å². The van der Waals surface area contributed by atoms with Crippen molar-refractivity contribution < 1.29 is 9.66 Å². The van der Waals surface area contributed by atoms with Crippen molar-refractivity contribution in [2.75, 3.05) is 6.26 Å². The number of nitrogens with zero attached hydrogens (tertiary/aromatic N) is 2. The van der Waals surface area contributed by atoms with Crippen molar-refractivity contribution in [2.24, 2.45) is 0 Å². The normalized spacial score (nSPS) is 9.95. The summed E-state index contributed by atoms with van der Waals surface area (Å²) in [6, 6.07) is 11.7. The van der Waals surface area contributed by atoms with E-state index in [2.05, 4.69) is 22.0 Å². The SMILES string of the molecule is CSc1cccc(Oc2cc(Br)cc([N+](=O)[O-])c2)c1C#N. The van der Waals surface area contributed by atoms with E-state index in [1.807, 2.05) is 12.3 Å². The van der Waals surface area contributed by atoms with Gasteiger partial charge in [0.05, 0.1) is 11.0 Å². The number of benzene rings is 2. The Hall–Kier alpha value is -2.04. The first-order chi connectivity index (χ1) is 10.0. The van der Waals surface area contributed by atoms with Crippen molar-refractivity contribution in [3.05, 3.63) is 56.5 Å². The zero-order valence-electron chi connectivity index (χ0n) is 10.9. The largest absolute Gasteiger partial charge is 0.456 e. The summed E-state index contributed by atoms with van der Waals surface area (Å²) in [5.74, 6) is 0.669. The molecule has 0 saturated carbocycles. The van der Waals surface area contributed by atoms with E-state index in [1.54, 1.807) is 18.2 Å². The van der Waals surface area contributed by atoms with Crippen LogP contribution in [0.4, 0.5) is 5.69 Å². The fraction of sp³-hybridized carbons (Fsp3) is 0.0714. The number of halogens is 1. The molecule has 2 aromatic rings. The molecule has 0 aliphatic carbocycles. The van der Waals surface area contributed by atoms with Crippen LogP contribution in [0.1, 0.15) is 5.56 Å². The average molecular weight is 365 g/mol. The molecule has 0 amide bonds. The van der Waals surface area contributed by atoms with Crippen molar-refractivity contribution in [2.45, 2.75) is 4.90 Å². The molecule has 0 bridgehead atoms. The summed E-state index contributed by atoms with van der Waals surface area (Å²) in [6.07, 6.45) is 1.86. The molecule has 0 N–H and O–H groups in total. The number of non-ortho nitro benzene ring substituents is 1. The summed E-state index contributed by atoms with van der Waals surface area (Å²) in [5, 5.41) is 20.1. The van der Waals surface area contributed by atoms with E-state index in [9.17, 15) is 15.4 Å². The van der Waals surface area contributed by atoms with E-state index in [0.29, 0.717) is 21.5 Å². The van der Waals surface area contributed by atoms with Gasteiger partial charge in [0, 0.05) is 15.4 Å². The van der Waals surface area contributed by atoms with E-state index >= 15 is 0 Å². The lowest BCUT2D eigenvalue weighted by Gasteiger charge is -2.10. The average Bonchev–Trinajstić information content (AvgIpc) is 2.46. The molecule has 2 aromatic carbocycles. The lowest BCUT2D eigenvalue weighted by molar-refractivity contribution is -0.385. The molecule has 21 heavy (non-hydrogen) atoms. The smallest absolute Gasteiger partial charge is 0.274 e. The molecular weight excluding hydrogens is 356 g/mol. The van der Waals surface area contributed by atoms with Crippen LogP contribution >= 0.6 is 27.7 Å². The molecule has 0 aliphatic heterocycles. The molecule has 106 valence electrons. The second-order valence-electron chi connectivity index (χ2n) is 3.95. The van der Waals surface area contributed by atoms with Crippen molar-refractivity contribution >= 4 is 33.4 Å². The third-order valence-corrected chi connectivity index (χ3v) is 3.85. The number of nitriles is 1. The van der Waals surface area contributed by atoms with Crippen LogP contribution in [0, 0.1) is 21.4 Å². The number of ether oxygens (including phenoxy) is 1. The molecule has 0 unspecified atom stereocenters. The molecule has 7 heteroatoms. The van der Waals surface area contributed by atoms with Crippen molar-refractivity contribution in [1.82, 2.24) is 0 Å². The van der Waals surface area contributed by atoms with E-state index in [-0.39, 0.29) is 5.69 Å². The van der Waals surface area contributed by atoms with Crippen molar-refractivity contribution in [3.8, 4) is 17.6 Å². The van der Waals surface area contributed by atoms with Crippen LogP contribution in [0.2, 0.25) is 0 Å². The highest BCUT2D eigenvalue weighted by Crippen LogP contribution is 2.34. The third kappa shape index (κ3) is 3.54. The highest BCUT2D eigenvalue weighted by Gasteiger charge is 2.13. The van der Waals surface area contributed by atoms with E-state index in [0.717, 1.165) is 4.90 Å². The highest BCUT2D eigenvalue weighted by atomic mass is 79.9. The van der Waals surface area contributed by atoms with Gasteiger partial charge in [-0.2, -0.15) is 5.26 Å². The van der Waals surface area contributed by atoms with Crippen LogP contribution in [0.25, 0.3) is 0 Å². The first kappa shape index (κ1) is 15.4. The molecule has 0 saturated heterocycles. The first-order valence-corrected chi connectivity index (χ1v) is 7.77. The minimum atomic E-state index is -0.499. The van der Waals surface area contributed by atoms with Gasteiger partial charge in [-0.1, -0.05) is 22.0 Å². The zero-order valence-corrected chi connectivity index (χ0v) is 13.3. The lowest BCUT2D eigenvalue weighted by Crippen LogP contribution is -1.93. The monoisotopic (exact) mass is 364 g/mol. The van der Waals surface area contributed by atoms with Gasteiger partial charge in [0.2, 0.25) is 0 Å². The lowest BCUT2D eigenvalue weighted by atomic mass is 10.2. The van der Waals surface area contributed by atoms with Gasteiger partial charge in [0.25, 0.3) is 5.69 Å². The van der Waals surface area contributed by atoms with Crippen molar-refractivity contribution in [1.29, 1.82) is 5.26 Å². The van der Waals surface area contributed by atoms with Crippen LogP contribution in [-0.2, 0) is 0 Å². The predicted molar refractivity (Wildman–Crippen MR) is 83.8 cm³/mol. The number of hydrogen-bond donors (Lipinski definition) is 0. The molecule has 5 nitrogen and oxygen atoms in total. The third-order valence-electron chi connectivity index (χ3n) is 2.61. The second kappa shape index (κ2) is 6.61. The van der Waals surface area contributed by atoms with Gasteiger partial charge in [-0.15, -0.1) is 11.8 Å². The standard InChI is InChI=1S/C14H9BrN2O3S/c1-21-14-4-2-3-13(12(14)8-16)20-11-6-9(15)5-10(7-11)17(18)19/h2-7H,1H3. The van der Waals surface area contributed by atoms with Gasteiger partial charge in [-0.25, -0.2) is 0 Å². The van der Waals surface area contributed by atoms with E-state index < -0.39 is 4.92 Å². The Kier molecular flexibility index (Phi) is 4.83. The summed E-state index contributed by atoms with van der Waals surface area (Å²) < 4.78 is 6.18. The molecule has 2 rings (SSSR count). The quantitative estimate of drug-likeness (QED) is 0.444. The Labute approximate surface area is 133 Å². The Morgan fingerprint density at radius 3 is 2.76 bits per heavy atom. The van der Waals surface area contributed by atoms with Gasteiger partial charge >= 0.3 is 0 Å². The van der Waals surface area contributed by atoms with Gasteiger partial charge < -0.3 is 4.74 Å². The van der Waals surface area contributed by atoms with Gasteiger partial charge in [0.15, 0.2) is 0 Å². The number of rotatable bonds is 4. The number of nitro benzene ring substituents is 1. The van der Waals surface area contributed by atoms with Crippen LogP contribution < -0.4 is 4.74 Å². The van der Waals surface area contributed by atoms with Gasteiger partial charge in [-0.3, -0.25) is 10.1 Å². The zero-order chi connectivity index (χ0) is 15.4. The van der Waals surface area contributed by atoms with Crippen LogP contribution in [0.3, 0.4) is 0 Å². The van der Waals surface area contributed by atoms with Crippen LogP contribution in [-0.4, -0.2) is 11.2 Å². The Bertz CT molecular complexity index is 743. The molecule has 0 fully saturated rings. The van der Waals surface area contributed by atoms with E-state index in [1.165, 1.54) is 23.9 Å². The molecule has 0 aliphatic rings. The maximum atomic E-state index is 10.9. The second-order valence-corrected chi connectivity index (χ2v) is 5.71. The molecule has 0 heterocycles. The fourth-order valence-electron chi connectivity index (χ4n) is 1.72. The molecule has 0 aromatic heterocycles. The minimum Gasteiger partial charge on any atom is -0.456 e. The van der Waals surface area contributed by atoms with Crippen molar-refractivity contribution in [3.63, 3.8) is 0 Å². The molecular formula is C14H9BrN2O3S. The Balaban J connectivity index is 2.44. The number of nitro groups is 1. The summed E-state index contributed by atoms with van der Waals surface area (Å²) in [7, 11) is 0. The summed E-state index contributed by atoms with van der Waals surface area (Å²) in [5.41, 5.74) is 0.325. The Morgan fingerprint density at radius 2 is 2.14 bits per heavy atom. The van der Waals surface area contributed by atoms with Gasteiger partial charge in [0.1, 0.15) is 23.1 Å². The molecule has 0 atom stereocenters. The predicted octanol–water partition coefficient (Wildman–Crippen LogP) is 4.74. The fourth-order valence-corrected chi connectivity index (χ4v) is 2.74. The number of hydrogen-bond acceptors (Lipinski definition) is 5. The Morgan fingerprint density at radius 1 is 1.38 bits per heavy atom. The maximum absolute atomic E-state index is 10.9. The van der Waals surface area contributed by atoms with Crippen LogP contribution in [0.15, 0.2) is 45.8 Å². The summed E-state index contributed by atoms with van der Waals surface area (Å²) in [6.45, 7) is 0. The summed E-state index contributed by atoms with van der Waals surface area (Å²) >= 11 is 4.64. The molecule has 0 radical (unpaired) electrons. The first-order valence-electron chi connectivity index (χ1n) is 5.75. The van der Waals surface area contributed by atoms with Gasteiger partial charge in [-0.05, 0) is 24.5 Å². The maximum Gasteiger partial charge on any atom is 0.274 e. The summed E-state index contributed by atoms with van der Waals surface area (Å²) in [4.78, 5) is 11.1. The topological polar surface area (TPSA) is 76.2 Å². The minimum absolute atomic E-state index is 0.0843. The highest BCUT2D eigenvalue weighted by molar-refractivity contribution is 9.10.